The van der Waals surface area contributed by atoms with Crippen molar-refractivity contribution < 1.29 is 19.1 Å². The summed E-state index contributed by atoms with van der Waals surface area (Å²) in [6.45, 7) is 0.660. The zero-order chi connectivity index (χ0) is 14.5. The molecule has 0 bridgehead atoms. The van der Waals surface area contributed by atoms with E-state index in [2.05, 4.69) is 10.5 Å². The van der Waals surface area contributed by atoms with Crippen molar-refractivity contribution >= 4 is 17.4 Å². The van der Waals surface area contributed by atoms with E-state index >= 15 is 0 Å². The van der Waals surface area contributed by atoms with Gasteiger partial charge in [0, 0.05) is 6.61 Å². The van der Waals surface area contributed by atoms with Crippen molar-refractivity contribution in [3.63, 3.8) is 0 Å². The van der Waals surface area contributed by atoms with E-state index in [0.29, 0.717) is 6.61 Å². The average molecular weight is 281 g/mol. The summed E-state index contributed by atoms with van der Waals surface area (Å²) in [7, 11) is 0. The molecule has 108 valence electrons. The summed E-state index contributed by atoms with van der Waals surface area (Å²) in [5, 5.41) is 14.0. The molecular weight excluding hydrogens is 265 g/mol. The number of nitrogens with one attached hydrogen (secondary N) is 1. The first-order valence-electron chi connectivity index (χ1n) is 6.29. The lowest BCUT2D eigenvalue weighted by molar-refractivity contribution is -0.118. The van der Waals surface area contributed by atoms with Crippen LogP contribution >= 0.6 is 0 Å². The van der Waals surface area contributed by atoms with E-state index in [1.807, 2.05) is 0 Å². The highest BCUT2D eigenvalue weighted by molar-refractivity contribution is 6.05. The third kappa shape index (κ3) is 3.24. The first-order valence-corrected chi connectivity index (χ1v) is 6.29. The smallest absolute Gasteiger partial charge is 0.227 e. The lowest BCUT2D eigenvalue weighted by Gasteiger charge is -2.13. The van der Waals surface area contributed by atoms with Crippen molar-refractivity contribution in [3.05, 3.63) is 29.6 Å². The van der Waals surface area contributed by atoms with Crippen LogP contribution in [0.15, 0.2) is 23.4 Å². The number of amidine groups is 1. The Bertz CT molecular complexity index is 528. The number of rotatable bonds is 4. The van der Waals surface area contributed by atoms with Gasteiger partial charge < -0.3 is 21.0 Å². The molecule has 1 saturated heterocycles. The van der Waals surface area contributed by atoms with Gasteiger partial charge in [0.05, 0.1) is 23.8 Å². The van der Waals surface area contributed by atoms with Gasteiger partial charge in [-0.25, -0.2) is 4.39 Å². The van der Waals surface area contributed by atoms with E-state index in [1.54, 1.807) is 0 Å². The Kier molecular flexibility index (Phi) is 4.52. The molecule has 1 aromatic carbocycles. The van der Waals surface area contributed by atoms with E-state index in [9.17, 15) is 9.18 Å². The van der Waals surface area contributed by atoms with E-state index < -0.39 is 11.7 Å². The number of halogens is 1. The first-order chi connectivity index (χ1) is 9.61. The predicted molar refractivity (Wildman–Crippen MR) is 71.1 cm³/mol. The molecule has 1 amide bonds. The third-order valence-corrected chi connectivity index (χ3v) is 3.09. The molecule has 1 aliphatic rings. The molecule has 0 aromatic heterocycles. The summed E-state index contributed by atoms with van der Waals surface area (Å²) in [4.78, 5) is 11.9. The fourth-order valence-corrected chi connectivity index (χ4v) is 2.15. The van der Waals surface area contributed by atoms with Gasteiger partial charge in [-0.2, -0.15) is 0 Å². The summed E-state index contributed by atoms with van der Waals surface area (Å²) in [6, 6.07) is 4.10. The normalized spacial score (nSPS) is 19.1. The zero-order valence-corrected chi connectivity index (χ0v) is 10.8. The summed E-state index contributed by atoms with van der Waals surface area (Å²) >= 11 is 0. The summed E-state index contributed by atoms with van der Waals surface area (Å²) in [5.41, 5.74) is 5.46. The maximum atomic E-state index is 13.7. The Morgan fingerprint density at radius 1 is 1.60 bits per heavy atom. The van der Waals surface area contributed by atoms with Gasteiger partial charge in [-0.15, -0.1) is 0 Å². The third-order valence-electron chi connectivity index (χ3n) is 3.09. The van der Waals surface area contributed by atoms with Crippen LogP contribution in [0.1, 0.15) is 24.8 Å². The van der Waals surface area contributed by atoms with Gasteiger partial charge in [0.25, 0.3) is 0 Å². The fourth-order valence-electron chi connectivity index (χ4n) is 2.15. The standard InChI is InChI=1S/C13H16FN3O3/c14-9-4-1-5-10(12(9)13(15)17-19)16-11(18)7-8-3-2-6-20-8/h1,4-5,8,19H,2-3,6-7H2,(H2,15,17)(H,16,18). The number of oxime groups is 1. The Hall–Kier alpha value is -2.15. The van der Waals surface area contributed by atoms with E-state index in [-0.39, 0.29) is 29.7 Å². The monoisotopic (exact) mass is 281 g/mol. The van der Waals surface area contributed by atoms with Crippen LogP contribution in [0.4, 0.5) is 10.1 Å². The molecule has 0 saturated carbocycles. The lowest BCUT2D eigenvalue weighted by Crippen LogP contribution is -2.23. The molecule has 0 aliphatic carbocycles. The molecular formula is C13H16FN3O3. The highest BCUT2D eigenvalue weighted by Crippen LogP contribution is 2.21. The Morgan fingerprint density at radius 2 is 2.40 bits per heavy atom. The molecule has 1 aromatic rings. The van der Waals surface area contributed by atoms with Gasteiger partial charge in [0.15, 0.2) is 5.84 Å². The van der Waals surface area contributed by atoms with Crippen LogP contribution in [0.5, 0.6) is 0 Å². The number of benzene rings is 1. The molecule has 1 fully saturated rings. The SMILES string of the molecule is NC(=NO)c1c(F)cccc1NC(=O)CC1CCCO1. The molecule has 1 atom stereocenters. The number of hydrogen-bond acceptors (Lipinski definition) is 4. The van der Waals surface area contributed by atoms with Crippen molar-refractivity contribution in [2.24, 2.45) is 10.9 Å². The Morgan fingerprint density at radius 3 is 3.05 bits per heavy atom. The van der Waals surface area contributed by atoms with Crippen LogP contribution in [0, 0.1) is 5.82 Å². The number of carbonyl (C=O) groups excluding carboxylic acids is 1. The largest absolute Gasteiger partial charge is 0.409 e. The molecule has 1 unspecified atom stereocenters. The van der Waals surface area contributed by atoms with E-state index in [4.69, 9.17) is 15.7 Å². The van der Waals surface area contributed by atoms with E-state index in [1.165, 1.54) is 18.2 Å². The molecule has 7 heteroatoms. The van der Waals surface area contributed by atoms with Crippen LogP contribution in [0.2, 0.25) is 0 Å². The number of anilines is 1. The van der Waals surface area contributed by atoms with Crippen molar-refractivity contribution in [3.8, 4) is 0 Å². The van der Waals surface area contributed by atoms with Crippen LogP contribution < -0.4 is 11.1 Å². The second-order valence-electron chi connectivity index (χ2n) is 4.53. The maximum Gasteiger partial charge on any atom is 0.227 e. The van der Waals surface area contributed by atoms with Crippen LogP contribution in [0.3, 0.4) is 0 Å². The minimum atomic E-state index is -0.671. The second-order valence-corrected chi connectivity index (χ2v) is 4.53. The second kappa shape index (κ2) is 6.33. The molecule has 1 aliphatic heterocycles. The number of ether oxygens (including phenoxy) is 1. The number of hydrogen-bond donors (Lipinski definition) is 3. The molecule has 2 rings (SSSR count). The summed E-state index contributed by atoms with van der Waals surface area (Å²) < 4.78 is 19.1. The zero-order valence-electron chi connectivity index (χ0n) is 10.8. The number of nitrogens with zero attached hydrogens (tertiary/aromatic N) is 1. The van der Waals surface area contributed by atoms with Crippen molar-refractivity contribution in [2.75, 3.05) is 11.9 Å². The Balaban J connectivity index is 2.12. The molecule has 6 nitrogen and oxygen atoms in total. The highest BCUT2D eigenvalue weighted by atomic mass is 19.1. The number of nitrogens with two attached hydrogens (primary N) is 1. The van der Waals surface area contributed by atoms with Crippen LogP contribution in [0.25, 0.3) is 0 Å². The van der Waals surface area contributed by atoms with Crippen LogP contribution in [-0.4, -0.2) is 29.7 Å². The van der Waals surface area contributed by atoms with Crippen molar-refractivity contribution in [2.45, 2.75) is 25.4 Å². The van der Waals surface area contributed by atoms with Gasteiger partial charge in [-0.3, -0.25) is 4.79 Å². The highest BCUT2D eigenvalue weighted by Gasteiger charge is 2.21. The Labute approximate surface area is 115 Å². The number of amides is 1. The van der Waals surface area contributed by atoms with Crippen molar-refractivity contribution in [1.82, 2.24) is 0 Å². The minimum Gasteiger partial charge on any atom is -0.409 e. The molecule has 4 N–H and O–H groups in total. The topological polar surface area (TPSA) is 96.9 Å². The van der Waals surface area contributed by atoms with Gasteiger partial charge in [-0.1, -0.05) is 11.2 Å². The van der Waals surface area contributed by atoms with Crippen molar-refractivity contribution in [1.29, 1.82) is 0 Å². The van der Waals surface area contributed by atoms with Crippen LogP contribution in [-0.2, 0) is 9.53 Å². The minimum absolute atomic E-state index is 0.101. The predicted octanol–water partition coefficient (Wildman–Crippen LogP) is 1.43. The lowest BCUT2D eigenvalue weighted by atomic mass is 10.1. The molecule has 0 spiro atoms. The molecule has 0 radical (unpaired) electrons. The number of carbonyl (C=O) groups is 1. The fraction of sp³-hybridized carbons (Fsp3) is 0.385. The van der Waals surface area contributed by atoms with E-state index in [0.717, 1.165) is 12.8 Å². The quantitative estimate of drug-likeness (QED) is 0.336. The molecule has 20 heavy (non-hydrogen) atoms. The summed E-state index contributed by atoms with van der Waals surface area (Å²) in [5.74, 6) is -1.36. The molecule has 1 heterocycles. The van der Waals surface area contributed by atoms with Gasteiger partial charge >= 0.3 is 0 Å². The summed E-state index contributed by atoms with van der Waals surface area (Å²) in [6.07, 6.45) is 1.87. The first kappa shape index (κ1) is 14.3. The maximum absolute atomic E-state index is 13.7. The van der Waals surface area contributed by atoms with Gasteiger partial charge in [0.1, 0.15) is 5.82 Å². The van der Waals surface area contributed by atoms with Gasteiger partial charge in [-0.05, 0) is 25.0 Å². The average Bonchev–Trinajstić information content (AvgIpc) is 2.91. The van der Waals surface area contributed by atoms with Gasteiger partial charge in [0.2, 0.25) is 5.91 Å².